The molecule has 7 nitrogen and oxygen atoms in total. The van der Waals surface area contributed by atoms with Crippen molar-refractivity contribution >= 4 is 17.3 Å². The van der Waals surface area contributed by atoms with Gasteiger partial charge in [-0.1, -0.05) is 12.1 Å². The molecule has 2 aromatic heterocycles. The Morgan fingerprint density at radius 1 is 1.25 bits per heavy atom. The fourth-order valence-electron chi connectivity index (χ4n) is 3.59. The molecule has 0 unspecified atom stereocenters. The molecule has 28 heavy (non-hydrogen) atoms. The summed E-state index contributed by atoms with van der Waals surface area (Å²) < 4.78 is 6.62. The van der Waals surface area contributed by atoms with E-state index in [1.807, 2.05) is 19.1 Å². The summed E-state index contributed by atoms with van der Waals surface area (Å²) >= 11 is 0. The third-order valence-electron chi connectivity index (χ3n) is 4.96. The molecule has 7 heteroatoms. The molecule has 0 spiro atoms. The van der Waals surface area contributed by atoms with Gasteiger partial charge in [0.1, 0.15) is 23.7 Å². The highest BCUT2D eigenvalue weighted by Gasteiger charge is 2.16. The van der Waals surface area contributed by atoms with E-state index in [4.69, 9.17) is 10.2 Å². The third kappa shape index (κ3) is 3.55. The van der Waals surface area contributed by atoms with Gasteiger partial charge in [0.05, 0.1) is 0 Å². The summed E-state index contributed by atoms with van der Waals surface area (Å²) in [6.45, 7) is 1.59. The summed E-state index contributed by atoms with van der Waals surface area (Å²) in [5.74, 6) is 0.899. The second kappa shape index (κ2) is 7.34. The topological polar surface area (TPSA) is 103 Å². The maximum absolute atomic E-state index is 12.6. The van der Waals surface area contributed by atoms with Gasteiger partial charge in [0.15, 0.2) is 5.76 Å². The first-order valence-corrected chi connectivity index (χ1v) is 9.36. The number of carbonyl (C=O) groups is 1. The summed E-state index contributed by atoms with van der Waals surface area (Å²) in [6.07, 6.45) is 4.26. The van der Waals surface area contributed by atoms with Crippen molar-refractivity contribution in [1.82, 2.24) is 9.78 Å². The highest BCUT2D eigenvalue weighted by molar-refractivity contribution is 5.91. The van der Waals surface area contributed by atoms with Crippen LogP contribution >= 0.6 is 0 Å². The lowest BCUT2D eigenvalue weighted by Gasteiger charge is -2.19. The van der Waals surface area contributed by atoms with E-state index in [-0.39, 0.29) is 18.1 Å². The van der Waals surface area contributed by atoms with E-state index >= 15 is 0 Å². The van der Waals surface area contributed by atoms with Gasteiger partial charge in [0.25, 0.3) is 5.56 Å². The average Bonchev–Trinajstić information content (AvgIpc) is 3.12. The van der Waals surface area contributed by atoms with Crippen LogP contribution in [0.3, 0.4) is 0 Å². The molecular weight excluding hydrogens is 356 g/mol. The quantitative estimate of drug-likeness (QED) is 0.727. The van der Waals surface area contributed by atoms with Gasteiger partial charge in [-0.3, -0.25) is 9.59 Å². The van der Waals surface area contributed by atoms with E-state index in [0.29, 0.717) is 11.5 Å². The number of nitrogens with two attached hydrogens (primary N) is 1. The lowest BCUT2D eigenvalue weighted by molar-refractivity contribution is -0.117. The van der Waals surface area contributed by atoms with Crippen LogP contribution in [0.2, 0.25) is 0 Å². The van der Waals surface area contributed by atoms with Crippen LogP contribution in [0, 0.1) is 6.92 Å². The normalized spacial score (nSPS) is 13.2. The number of aromatic nitrogens is 2. The van der Waals surface area contributed by atoms with Gasteiger partial charge in [-0.15, -0.1) is 0 Å². The maximum atomic E-state index is 12.6. The molecule has 144 valence electrons. The van der Waals surface area contributed by atoms with E-state index < -0.39 is 5.56 Å². The van der Waals surface area contributed by atoms with Crippen LogP contribution in [-0.4, -0.2) is 15.7 Å². The van der Waals surface area contributed by atoms with Crippen molar-refractivity contribution in [2.24, 2.45) is 0 Å². The summed E-state index contributed by atoms with van der Waals surface area (Å²) in [4.78, 5) is 25.0. The van der Waals surface area contributed by atoms with Crippen LogP contribution in [0.4, 0.5) is 11.4 Å². The fourth-order valence-corrected chi connectivity index (χ4v) is 3.59. The van der Waals surface area contributed by atoms with Crippen LogP contribution in [0.15, 0.2) is 45.6 Å². The highest BCUT2D eigenvalue weighted by Crippen LogP contribution is 2.27. The number of fused-ring (bicyclic) bond motifs is 1. The molecule has 0 fully saturated rings. The number of amides is 1. The van der Waals surface area contributed by atoms with Gasteiger partial charge in [-0.25, -0.2) is 4.68 Å². The smallest absolute Gasteiger partial charge is 0.290 e. The van der Waals surface area contributed by atoms with Crippen molar-refractivity contribution in [2.45, 2.75) is 39.2 Å². The summed E-state index contributed by atoms with van der Waals surface area (Å²) in [6, 6.07) is 11.0. The maximum Gasteiger partial charge on any atom is 0.290 e. The highest BCUT2D eigenvalue weighted by atomic mass is 16.3. The minimum Gasteiger partial charge on any atom is -0.460 e. The van der Waals surface area contributed by atoms with Crippen molar-refractivity contribution < 1.29 is 9.21 Å². The zero-order valence-corrected chi connectivity index (χ0v) is 15.7. The molecular formula is C21H22N4O3. The molecule has 4 rings (SSSR count). The van der Waals surface area contributed by atoms with Crippen molar-refractivity contribution in [3.63, 3.8) is 0 Å². The Bertz CT molecular complexity index is 1100. The second-order valence-corrected chi connectivity index (χ2v) is 7.06. The molecule has 0 radical (unpaired) electrons. The SMILES string of the molecule is Cc1ccc(-c2cc(N)c(=O)n(CC(=O)Nc3cccc4c3CCCC4)n2)o1. The summed E-state index contributed by atoms with van der Waals surface area (Å²) in [5, 5.41) is 7.18. The van der Waals surface area contributed by atoms with Gasteiger partial charge in [-0.05, 0) is 68.0 Å². The Labute approximate surface area is 162 Å². The Morgan fingerprint density at radius 3 is 2.86 bits per heavy atom. The van der Waals surface area contributed by atoms with Gasteiger partial charge >= 0.3 is 0 Å². The molecule has 1 amide bonds. The predicted octanol–water partition coefficient (Wildman–Crippen LogP) is 2.91. The number of nitrogen functional groups attached to an aromatic ring is 1. The minimum absolute atomic E-state index is 0.0175. The number of nitrogens with zero attached hydrogens (tertiary/aromatic N) is 2. The largest absolute Gasteiger partial charge is 0.460 e. The average molecular weight is 378 g/mol. The molecule has 1 aliphatic rings. The Hall–Kier alpha value is -3.35. The number of aryl methyl sites for hydroxylation is 2. The standard InChI is InChI=1S/C21H22N4O3/c1-13-9-10-19(28-13)18-11-16(22)21(27)25(24-18)12-20(26)23-17-8-4-6-14-5-2-3-7-15(14)17/h4,6,8-11H,2-3,5,7,12,22H2,1H3,(H,23,26). The lowest BCUT2D eigenvalue weighted by atomic mass is 9.90. The van der Waals surface area contributed by atoms with Crippen LogP contribution in [0.5, 0.6) is 0 Å². The van der Waals surface area contributed by atoms with Crippen LogP contribution in [0.25, 0.3) is 11.5 Å². The third-order valence-corrected chi connectivity index (χ3v) is 4.96. The van der Waals surface area contributed by atoms with E-state index in [1.165, 1.54) is 23.6 Å². The second-order valence-electron chi connectivity index (χ2n) is 7.06. The molecule has 1 aromatic carbocycles. The molecule has 1 aliphatic carbocycles. The van der Waals surface area contributed by atoms with Gasteiger partial charge in [0.2, 0.25) is 5.91 Å². The molecule has 0 saturated carbocycles. The monoisotopic (exact) mass is 378 g/mol. The Kier molecular flexibility index (Phi) is 4.73. The number of nitrogens with one attached hydrogen (secondary N) is 1. The first kappa shape index (κ1) is 18.0. The zero-order valence-electron chi connectivity index (χ0n) is 15.7. The van der Waals surface area contributed by atoms with Gasteiger partial charge < -0.3 is 15.5 Å². The number of furan rings is 1. The zero-order chi connectivity index (χ0) is 19.7. The van der Waals surface area contributed by atoms with E-state index in [2.05, 4.69) is 16.5 Å². The first-order valence-electron chi connectivity index (χ1n) is 9.36. The van der Waals surface area contributed by atoms with Crippen molar-refractivity contribution in [1.29, 1.82) is 0 Å². The molecule has 0 aliphatic heterocycles. The van der Waals surface area contributed by atoms with Crippen LogP contribution in [0.1, 0.15) is 29.7 Å². The van der Waals surface area contributed by atoms with E-state index in [0.717, 1.165) is 35.4 Å². The number of carbonyl (C=O) groups excluding carboxylic acids is 1. The van der Waals surface area contributed by atoms with Crippen LogP contribution in [-0.2, 0) is 24.2 Å². The van der Waals surface area contributed by atoms with Crippen molar-refractivity contribution in [3.05, 3.63) is 63.6 Å². The Balaban J connectivity index is 1.58. The van der Waals surface area contributed by atoms with Crippen LogP contribution < -0.4 is 16.6 Å². The molecule has 3 N–H and O–H groups in total. The number of hydrogen-bond acceptors (Lipinski definition) is 5. The fraction of sp³-hybridized carbons (Fsp3) is 0.286. The molecule has 2 heterocycles. The molecule has 3 aromatic rings. The van der Waals surface area contributed by atoms with Crippen molar-refractivity contribution in [3.8, 4) is 11.5 Å². The molecule has 0 saturated heterocycles. The Morgan fingerprint density at radius 2 is 2.07 bits per heavy atom. The predicted molar refractivity (Wildman–Crippen MR) is 107 cm³/mol. The van der Waals surface area contributed by atoms with Gasteiger partial charge in [-0.2, -0.15) is 5.10 Å². The number of anilines is 2. The summed E-state index contributed by atoms with van der Waals surface area (Å²) in [7, 11) is 0. The van der Waals surface area contributed by atoms with E-state index in [9.17, 15) is 9.59 Å². The number of hydrogen-bond donors (Lipinski definition) is 2. The number of rotatable bonds is 4. The van der Waals surface area contributed by atoms with Gasteiger partial charge in [0, 0.05) is 5.69 Å². The molecule has 0 bridgehead atoms. The first-order chi connectivity index (χ1) is 13.5. The lowest BCUT2D eigenvalue weighted by Crippen LogP contribution is -2.31. The summed E-state index contributed by atoms with van der Waals surface area (Å²) in [5.41, 5.74) is 9.03. The van der Waals surface area contributed by atoms with Crippen molar-refractivity contribution in [2.75, 3.05) is 11.1 Å². The minimum atomic E-state index is -0.503. The molecule has 0 atom stereocenters. The van der Waals surface area contributed by atoms with E-state index in [1.54, 1.807) is 12.1 Å². The number of benzene rings is 1.